The number of hydrogen-bond acceptors (Lipinski definition) is 3. The Morgan fingerprint density at radius 2 is 2.20 bits per heavy atom. The van der Waals surface area contributed by atoms with Gasteiger partial charge in [0.2, 0.25) is 5.67 Å². The van der Waals surface area contributed by atoms with Crippen molar-refractivity contribution in [3.63, 3.8) is 0 Å². The van der Waals surface area contributed by atoms with Crippen LogP contribution in [0.4, 0.5) is 4.39 Å². The predicted molar refractivity (Wildman–Crippen MR) is 49.1 cm³/mol. The van der Waals surface area contributed by atoms with Crippen LogP contribution in [0.25, 0.3) is 0 Å². The van der Waals surface area contributed by atoms with Gasteiger partial charge in [0.15, 0.2) is 0 Å². The van der Waals surface area contributed by atoms with E-state index in [1.165, 1.54) is 12.0 Å². The maximum absolute atomic E-state index is 13.6. The highest BCUT2D eigenvalue weighted by Gasteiger charge is 2.47. The number of nitrogens with zero attached hydrogens (tertiary/aromatic N) is 1. The molecule has 86 valence electrons. The fourth-order valence-corrected chi connectivity index (χ4v) is 1.49. The van der Waals surface area contributed by atoms with Crippen molar-refractivity contribution in [3.05, 3.63) is 0 Å². The molecule has 1 aliphatic rings. The van der Waals surface area contributed by atoms with E-state index in [0.29, 0.717) is 0 Å². The van der Waals surface area contributed by atoms with Crippen LogP contribution in [-0.4, -0.2) is 53.9 Å². The van der Waals surface area contributed by atoms with Crippen LogP contribution < -0.4 is 0 Å². The zero-order valence-electron chi connectivity index (χ0n) is 8.70. The number of carboxylic acid groups (broad SMARTS) is 1. The lowest BCUT2D eigenvalue weighted by atomic mass is 10.1. The molecular formula is C9H14FNO4. The van der Waals surface area contributed by atoms with Crippen LogP contribution in [0.1, 0.15) is 13.3 Å². The number of amides is 1. The highest BCUT2D eigenvalue weighted by Crippen LogP contribution is 2.26. The van der Waals surface area contributed by atoms with Crippen molar-refractivity contribution in [1.29, 1.82) is 0 Å². The van der Waals surface area contributed by atoms with Gasteiger partial charge in [0.1, 0.15) is 6.10 Å². The lowest BCUT2D eigenvalue weighted by Crippen LogP contribution is -2.42. The van der Waals surface area contributed by atoms with E-state index < -0.39 is 24.3 Å². The van der Waals surface area contributed by atoms with Gasteiger partial charge in [-0.25, -0.2) is 9.18 Å². The van der Waals surface area contributed by atoms with E-state index in [4.69, 9.17) is 9.84 Å². The van der Waals surface area contributed by atoms with Crippen LogP contribution in [0.15, 0.2) is 0 Å². The van der Waals surface area contributed by atoms with Gasteiger partial charge in [-0.05, 0) is 6.92 Å². The topological polar surface area (TPSA) is 66.8 Å². The fraction of sp³-hybridized carbons (Fsp3) is 0.778. The first-order valence-electron chi connectivity index (χ1n) is 4.64. The van der Waals surface area contributed by atoms with Crippen LogP contribution in [0.5, 0.6) is 0 Å². The Morgan fingerprint density at radius 1 is 1.60 bits per heavy atom. The number of carboxylic acids is 1. The number of ether oxygens (including phenoxy) is 1. The number of methoxy groups -OCH3 is 1. The fourth-order valence-electron chi connectivity index (χ4n) is 1.49. The molecule has 2 atom stereocenters. The number of carbonyl (C=O) groups is 2. The molecule has 5 nitrogen and oxygen atoms in total. The van der Waals surface area contributed by atoms with Crippen molar-refractivity contribution in [3.8, 4) is 0 Å². The summed E-state index contributed by atoms with van der Waals surface area (Å²) in [6, 6.07) is 0. The Morgan fingerprint density at radius 3 is 2.60 bits per heavy atom. The first-order chi connectivity index (χ1) is 6.90. The molecular weight excluding hydrogens is 205 g/mol. The second-order valence-electron chi connectivity index (χ2n) is 3.66. The Bertz CT molecular complexity index is 283. The highest BCUT2D eigenvalue weighted by molar-refractivity contribution is 5.84. The minimum atomic E-state index is -2.30. The molecule has 0 saturated carbocycles. The number of hydrogen-bond donors (Lipinski definition) is 1. The summed E-state index contributed by atoms with van der Waals surface area (Å²) in [6.07, 6.45) is -0.828. The summed E-state index contributed by atoms with van der Waals surface area (Å²) in [7, 11) is 1.37. The van der Waals surface area contributed by atoms with Crippen LogP contribution in [-0.2, 0) is 14.3 Å². The second-order valence-corrected chi connectivity index (χ2v) is 3.66. The Balaban J connectivity index is 2.64. The second kappa shape index (κ2) is 4.14. The molecule has 1 aliphatic heterocycles. The average molecular weight is 219 g/mol. The molecule has 1 amide bonds. The van der Waals surface area contributed by atoms with Crippen LogP contribution in [0.3, 0.4) is 0 Å². The van der Waals surface area contributed by atoms with Crippen molar-refractivity contribution in [2.75, 3.05) is 20.2 Å². The highest BCUT2D eigenvalue weighted by atomic mass is 19.1. The third-order valence-electron chi connectivity index (χ3n) is 2.62. The summed E-state index contributed by atoms with van der Waals surface area (Å²) in [5.74, 6) is -1.89. The summed E-state index contributed by atoms with van der Waals surface area (Å²) in [4.78, 5) is 23.3. The molecule has 1 fully saturated rings. The van der Waals surface area contributed by atoms with Gasteiger partial charge in [-0.15, -0.1) is 0 Å². The predicted octanol–water partition coefficient (Wildman–Crippen LogP) is 0.0465. The zero-order chi connectivity index (χ0) is 11.6. The number of carbonyl (C=O) groups excluding carboxylic acids is 1. The SMILES string of the molecule is COC(C)C(=O)N1CCC(F)(C(=O)O)C1. The van der Waals surface area contributed by atoms with Gasteiger partial charge in [0.05, 0.1) is 6.54 Å². The molecule has 1 saturated heterocycles. The van der Waals surface area contributed by atoms with E-state index in [0.717, 1.165) is 0 Å². The van der Waals surface area contributed by atoms with Gasteiger partial charge >= 0.3 is 5.97 Å². The number of likely N-dealkylation sites (tertiary alicyclic amines) is 1. The Labute approximate surface area is 86.8 Å². The lowest BCUT2D eigenvalue weighted by Gasteiger charge is -2.20. The number of alkyl halides is 1. The van der Waals surface area contributed by atoms with Crippen molar-refractivity contribution in [2.45, 2.75) is 25.1 Å². The summed E-state index contributed by atoms with van der Waals surface area (Å²) < 4.78 is 18.4. The molecule has 0 aromatic carbocycles. The molecule has 0 aromatic rings. The van der Waals surface area contributed by atoms with Gasteiger partial charge in [-0.2, -0.15) is 0 Å². The summed E-state index contributed by atoms with van der Waals surface area (Å²) in [5.41, 5.74) is -2.30. The van der Waals surface area contributed by atoms with E-state index in [2.05, 4.69) is 0 Å². The molecule has 1 N–H and O–H groups in total. The molecule has 6 heteroatoms. The number of halogens is 1. The first kappa shape index (κ1) is 11.9. The summed E-state index contributed by atoms with van der Waals surface area (Å²) in [5, 5.41) is 8.62. The molecule has 1 heterocycles. The maximum atomic E-state index is 13.6. The molecule has 15 heavy (non-hydrogen) atoms. The third kappa shape index (κ3) is 2.26. The van der Waals surface area contributed by atoms with Crippen LogP contribution in [0, 0.1) is 0 Å². The molecule has 0 aromatic heterocycles. The normalized spacial score (nSPS) is 27.8. The summed E-state index contributed by atoms with van der Waals surface area (Å²) in [6.45, 7) is 1.27. The van der Waals surface area contributed by atoms with E-state index in [-0.39, 0.29) is 18.9 Å². The Hall–Kier alpha value is -1.17. The molecule has 2 unspecified atom stereocenters. The third-order valence-corrected chi connectivity index (χ3v) is 2.62. The number of rotatable bonds is 3. The van der Waals surface area contributed by atoms with Crippen LogP contribution >= 0.6 is 0 Å². The van der Waals surface area contributed by atoms with E-state index in [1.54, 1.807) is 6.92 Å². The molecule has 0 aliphatic carbocycles. The molecule has 0 spiro atoms. The lowest BCUT2D eigenvalue weighted by molar-refractivity contribution is -0.151. The molecule has 1 rings (SSSR count). The Kier molecular flexibility index (Phi) is 3.28. The van der Waals surface area contributed by atoms with Gasteiger partial charge in [0, 0.05) is 20.1 Å². The van der Waals surface area contributed by atoms with Crippen LogP contribution in [0.2, 0.25) is 0 Å². The first-order valence-corrected chi connectivity index (χ1v) is 4.64. The van der Waals surface area contributed by atoms with Gasteiger partial charge in [-0.3, -0.25) is 4.79 Å². The van der Waals surface area contributed by atoms with Crippen molar-refractivity contribution in [1.82, 2.24) is 4.90 Å². The van der Waals surface area contributed by atoms with E-state index in [9.17, 15) is 14.0 Å². The largest absolute Gasteiger partial charge is 0.479 e. The van der Waals surface area contributed by atoms with Crippen molar-refractivity contribution in [2.24, 2.45) is 0 Å². The molecule has 0 radical (unpaired) electrons. The van der Waals surface area contributed by atoms with Crippen molar-refractivity contribution < 1.29 is 23.8 Å². The monoisotopic (exact) mass is 219 g/mol. The summed E-state index contributed by atoms with van der Waals surface area (Å²) >= 11 is 0. The standard InChI is InChI=1S/C9H14FNO4/c1-6(15-2)7(12)11-4-3-9(10,5-11)8(13)14/h6H,3-5H2,1-2H3,(H,13,14). The van der Waals surface area contributed by atoms with E-state index in [1.807, 2.05) is 0 Å². The minimum Gasteiger partial charge on any atom is -0.479 e. The van der Waals surface area contributed by atoms with Gasteiger partial charge in [-0.1, -0.05) is 0 Å². The van der Waals surface area contributed by atoms with Crippen molar-refractivity contribution >= 4 is 11.9 Å². The van der Waals surface area contributed by atoms with Gasteiger partial charge < -0.3 is 14.7 Å². The smallest absolute Gasteiger partial charge is 0.343 e. The quantitative estimate of drug-likeness (QED) is 0.728. The number of aliphatic carboxylic acids is 1. The van der Waals surface area contributed by atoms with E-state index >= 15 is 0 Å². The molecule has 0 bridgehead atoms. The van der Waals surface area contributed by atoms with Gasteiger partial charge in [0.25, 0.3) is 5.91 Å². The minimum absolute atomic E-state index is 0.120. The average Bonchev–Trinajstić information content (AvgIpc) is 2.60. The zero-order valence-corrected chi connectivity index (χ0v) is 8.70. The maximum Gasteiger partial charge on any atom is 0.343 e.